The number of amides is 1. The first kappa shape index (κ1) is 13.4. The van der Waals surface area contributed by atoms with Crippen molar-refractivity contribution < 1.29 is 14.3 Å². The predicted octanol–water partition coefficient (Wildman–Crippen LogP) is 2.56. The van der Waals surface area contributed by atoms with Gasteiger partial charge in [-0.25, -0.2) is 4.79 Å². The molecule has 1 aromatic rings. The highest BCUT2D eigenvalue weighted by molar-refractivity contribution is 7.17. The van der Waals surface area contributed by atoms with E-state index in [1.807, 2.05) is 6.08 Å². The molecule has 0 bridgehead atoms. The van der Waals surface area contributed by atoms with E-state index >= 15 is 0 Å². The van der Waals surface area contributed by atoms with Crippen molar-refractivity contribution >= 4 is 28.2 Å². The number of thiophene rings is 1. The number of carbonyl (C=O) groups is 2. The summed E-state index contributed by atoms with van der Waals surface area (Å²) in [5, 5.41) is 0.774. The minimum absolute atomic E-state index is 0.0694. The lowest BCUT2D eigenvalue weighted by Gasteiger charge is -2.16. The fraction of sp³-hybridized carbons (Fsp3) is 0.467. The Morgan fingerprint density at radius 3 is 2.95 bits per heavy atom. The van der Waals surface area contributed by atoms with Gasteiger partial charge < -0.3 is 9.64 Å². The Bertz CT molecular complexity index is 590. The largest absolute Gasteiger partial charge is 0.465 e. The number of methoxy groups -OCH3 is 1. The molecule has 1 unspecified atom stereocenters. The molecule has 1 saturated heterocycles. The van der Waals surface area contributed by atoms with Crippen LogP contribution in [0.2, 0.25) is 0 Å². The highest BCUT2D eigenvalue weighted by Crippen LogP contribution is 2.43. The summed E-state index contributed by atoms with van der Waals surface area (Å²) < 4.78 is 4.92. The van der Waals surface area contributed by atoms with Gasteiger partial charge in [-0.1, -0.05) is 6.08 Å². The summed E-state index contributed by atoms with van der Waals surface area (Å²) in [7, 11) is 1.39. The molecule has 0 aromatic carbocycles. The van der Waals surface area contributed by atoms with E-state index in [0.29, 0.717) is 18.5 Å². The third-order valence-electron chi connectivity index (χ3n) is 4.03. The number of esters is 1. The Kier molecular flexibility index (Phi) is 3.38. The van der Waals surface area contributed by atoms with Crippen LogP contribution in [0.5, 0.6) is 0 Å². The lowest BCUT2D eigenvalue weighted by atomic mass is 10.1. The standard InChI is InChI=1S/C15H17NO3S/c1-3-9-7-12(17)16(8-9)14-13(15(18)19-2)10-5-4-6-11(10)20-14/h3,9H,1,4-8H2,2H3. The molecule has 4 nitrogen and oxygen atoms in total. The van der Waals surface area contributed by atoms with Gasteiger partial charge in [-0.15, -0.1) is 17.9 Å². The first-order chi connectivity index (χ1) is 9.65. The van der Waals surface area contributed by atoms with Crippen molar-refractivity contribution in [2.45, 2.75) is 25.7 Å². The van der Waals surface area contributed by atoms with E-state index in [4.69, 9.17) is 4.74 Å². The number of anilines is 1. The zero-order valence-corrected chi connectivity index (χ0v) is 12.3. The van der Waals surface area contributed by atoms with Crippen molar-refractivity contribution in [3.8, 4) is 0 Å². The first-order valence-corrected chi connectivity index (χ1v) is 7.63. The normalized spacial score (nSPS) is 21.1. The van der Waals surface area contributed by atoms with Crippen LogP contribution >= 0.6 is 11.3 Å². The quantitative estimate of drug-likeness (QED) is 0.635. The van der Waals surface area contributed by atoms with E-state index in [-0.39, 0.29) is 17.8 Å². The van der Waals surface area contributed by atoms with E-state index in [9.17, 15) is 9.59 Å². The fourth-order valence-electron chi connectivity index (χ4n) is 2.98. The lowest BCUT2D eigenvalue weighted by molar-refractivity contribution is -0.117. The summed E-state index contributed by atoms with van der Waals surface area (Å²) >= 11 is 1.58. The maximum absolute atomic E-state index is 12.2. The Morgan fingerprint density at radius 2 is 2.30 bits per heavy atom. The van der Waals surface area contributed by atoms with Gasteiger partial charge in [0.1, 0.15) is 5.00 Å². The van der Waals surface area contributed by atoms with Gasteiger partial charge in [0.05, 0.1) is 12.7 Å². The molecule has 1 aliphatic heterocycles. The smallest absolute Gasteiger partial charge is 0.341 e. The fourth-order valence-corrected chi connectivity index (χ4v) is 4.38. The molecule has 2 heterocycles. The molecular weight excluding hydrogens is 274 g/mol. The Hall–Kier alpha value is -1.62. The van der Waals surface area contributed by atoms with Crippen LogP contribution in [0.4, 0.5) is 5.00 Å². The van der Waals surface area contributed by atoms with E-state index in [2.05, 4.69) is 6.58 Å². The molecule has 0 radical (unpaired) electrons. The summed E-state index contributed by atoms with van der Waals surface area (Å²) in [6.45, 7) is 4.38. The highest BCUT2D eigenvalue weighted by Gasteiger charge is 2.36. The van der Waals surface area contributed by atoms with Crippen molar-refractivity contribution in [3.05, 3.63) is 28.7 Å². The SMILES string of the molecule is C=CC1CC(=O)N(c2sc3c(c2C(=O)OC)CCC3)C1. The Morgan fingerprint density at radius 1 is 1.50 bits per heavy atom. The van der Waals surface area contributed by atoms with Gasteiger partial charge in [-0.05, 0) is 24.8 Å². The van der Waals surface area contributed by atoms with Gasteiger partial charge in [0, 0.05) is 23.8 Å². The first-order valence-electron chi connectivity index (χ1n) is 6.81. The highest BCUT2D eigenvalue weighted by atomic mass is 32.1. The summed E-state index contributed by atoms with van der Waals surface area (Å²) in [6.07, 6.45) is 5.28. The molecule has 0 N–H and O–H groups in total. The van der Waals surface area contributed by atoms with Crippen molar-refractivity contribution in [2.24, 2.45) is 5.92 Å². The molecule has 0 saturated carbocycles. The monoisotopic (exact) mass is 291 g/mol. The van der Waals surface area contributed by atoms with Gasteiger partial charge in [0.15, 0.2) is 0 Å². The topological polar surface area (TPSA) is 46.6 Å². The number of nitrogens with zero attached hydrogens (tertiary/aromatic N) is 1. The second kappa shape index (κ2) is 5.05. The molecule has 1 aromatic heterocycles. The van der Waals surface area contributed by atoms with Crippen molar-refractivity contribution in [1.82, 2.24) is 0 Å². The van der Waals surface area contributed by atoms with Crippen LogP contribution in [0.15, 0.2) is 12.7 Å². The third-order valence-corrected chi connectivity index (χ3v) is 5.34. The van der Waals surface area contributed by atoms with Crippen molar-refractivity contribution in [1.29, 1.82) is 0 Å². The summed E-state index contributed by atoms with van der Waals surface area (Å²) in [5.41, 5.74) is 1.70. The molecule has 5 heteroatoms. The lowest BCUT2D eigenvalue weighted by Crippen LogP contribution is -2.25. The van der Waals surface area contributed by atoms with E-state index in [1.165, 1.54) is 12.0 Å². The average Bonchev–Trinajstić information content (AvgIpc) is 3.10. The van der Waals surface area contributed by atoms with Crippen molar-refractivity contribution in [2.75, 3.05) is 18.6 Å². The van der Waals surface area contributed by atoms with Crippen LogP contribution < -0.4 is 4.90 Å². The van der Waals surface area contributed by atoms with Crippen LogP contribution in [0.3, 0.4) is 0 Å². The number of aryl methyl sites for hydroxylation is 1. The second-order valence-electron chi connectivity index (χ2n) is 5.23. The van der Waals surface area contributed by atoms with E-state index in [0.717, 1.165) is 29.8 Å². The van der Waals surface area contributed by atoms with Gasteiger partial charge in [0.25, 0.3) is 0 Å². The molecule has 2 aliphatic rings. The summed E-state index contributed by atoms with van der Waals surface area (Å²) in [4.78, 5) is 27.2. The van der Waals surface area contributed by atoms with E-state index < -0.39 is 0 Å². The summed E-state index contributed by atoms with van der Waals surface area (Å²) in [5.74, 6) is -0.0841. The Balaban J connectivity index is 2.04. The maximum Gasteiger partial charge on any atom is 0.341 e. The average molecular weight is 291 g/mol. The van der Waals surface area contributed by atoms with Gasteiger partial charge in [-0.2, -0.15) is 0 Å². The van der Waals surface area contributed by atoms with Crippen LogP contribution in [0.25, 0.3) is 0 Å². The minimum atomic E-state index is -0.325. The number of carbonyl (C=O) groups excluding carboxylic acids is 2. The van der Waals surface area contributed by atoms with Gasteiger partial charge in [0.2, 0.25) is 5.91 Å². The molecule has 1 aliphatic carbocycles. The predicted molar refractivity (Wildman–Crippen MR) is 78.3 cm³/mol. The molecule has 1 amide bonds. The Labute approximate surface area is 122 Å². The van der Waals surface area contributed by atoms with Crippen LogP contribution in [-0.2, 0) is 22.4 Å². The number of hydrogen-bond donors (Lipinski definition) is 0. The minimum Gasteiger partial charge on any atom is -0.465 e. The molecule has 3 rings (SSSR count). The third kappa shape index (κ3) is 1.97. The van der Waals surface area contributed by atoms with Crippen molar-refractivity contribution in [3.63, 3.8) is 0 Å². The van der Waals surface area contributed by atoms with Crippen LogP contribution in [0, 0.1) is 5.92 Å². The van der Waals surface area contributed by atoms with Crippen LogP contribution in [0.1, 0.15) is 33.6 Å². The maximum atomic E-state index is 12.2. The zero-order chi connectivity index (χ0) is 14.3. The van der Waals surface area contributed by atoms with Gasteiger partial charge >= 0.3 is 5.97 Å². The van der Waals surface area contributed by atoms with E-state index in [1.54, 1.807) is 16.2 Å². The summed E-state index contributed by atoms with van der Waals surface area (Å²) in [6, 6.07) is 0. The number of rotatable bonds is 3. The second-order valence-corrected chi connectivity index (χ2v) is 6.32. The zero-order valence-electron chi connectivity index (χ0n) is 11.5. The molecule has 20 heavy (non-hydrogen) atoms. The van der Waals surface area contributed by atoms with Gasteiger partial charge in [-0.3, -0.25) is 4.79 Å². The molecule has 106 valence electrons. The number of ether oxygens (including phenoxy) is 1. The molecule has 1 fully saturated rings. The number of fused-ring (bicyclic) bond motifs is 1. The molecule has 1 atom stereocenters. The van der Waals surface area contributed by atoms with Crippen LogP contribution in [-0.4, -0.2) is 25.5 Å². The molecule has 0 spiro atoms. The molecular formula is C15H17NO3S. The number of hydrogen-bond acceptors (Lipinski definition) is 4.